The fourth-order valence-corrected chi connectivity index (χ4v) is 2.98. The number of amides is 1. The fraction of sp³-hybridized carbons (Fsp3) is 0.130. The summed E-state index contributed by atoms with van der Waals surface area (Å²) in [6, 6.07) is 21.1. The van der Waals surface area contributed by atoms with Crippen molar-refractivity contribution in [2.75, 3.05) is 11.9 Å². The first-order valence-corrected chi connectivity index (χ1v) is 9.13. The minimum atomic E-state index is -0.203. The molecule has 0 saturated heterocycles. The van der Waals surface area contributed by atoms with E-state index < -0.39 is 0 Å². The van der Waals surface area contributed by atoms with Gasteiger partial charge in [-0.3, -0.25) is 4.79 Å². The minimum absolute atomic E-state index is 0.0337. The van der Waals surface area contributed by atoms with E-state index in [4.69, 9.17) is 4.74 Å². The number of rotatable bonds is 5. The summed E-state index contributed by atoms with van der Waals surface area (Å²) in [5, 5.41) is 2.84. The van der Waals surface area contributed by atoms with Crippen molar-refractivity contribution in [1.82, 2.24) is 9.97 Å². The first-order valence-electron chi connectivity index (χ1n) is 9.13. The van der Waals surface area contributed by atoms with Crippen LogP contribution in [0.1, 0.15) is 11.1 Å². The molecule has 28 heavy (non-hydrogen) atoms. The van der Waals surface area contributed by atoms with E-state index in [2.05, 4.69) is 41.3 Å². The molecule has 1 amide bonds. The van der Waals surface area contributed by atoms with Crippen LogP contribution in [-0.4, -0.2) is 22.5 Å². The second-order valence-electron chi connectivity index (χ2n) is 6.77. The minimum Gasteiger partial charge on any atom is -0.484 e. The maximum Gasteiger partial charge on any atom is 0.262 e. The van der Waals surface area contributed by atoms with Crippen LogP contribution < -0.4 is 10.1 Å². The Hall–Kier alpha value is -3.60. The van der Waals surface area contributed by atoms with Gasteiger partial charge in [0.1, 0.15) is 11.6 Å². The number of nitrogens with one attached hydrogen (secondary N) is 2. The van der Waals surface area contributed by atoms with Crippen molar-refractivity contribution in [2.45, 2.75) is 13.8 Å². The molecule has 0 atom stereocenters. The van der Waals surface area contributed by atoms with Crippen LogP contribution in [0.15, 0.2) is 66.7 Å². The molecule has 0 spiro atoms. The molecule has 5 heteroatoms. The van der Waals surface area contributed by atoms with Gasteiger partial charge in [-0.25, -0.2) is 4.98 Å². The third kappa shape index (κ3) is 3.88. The molecular formula is C23H21N3O2. The standard InChI is InChI=1S/C23H21N3O2/c1-15-12-20-21(13-16(15)2)26-23(25-20)17-8-10-18(11-9-17)24-22(27)14-28-19-6-4-3-5-7-19/h3-13H,14H2,1-2H3,(H,24,27)(H,25,26). The molecule has 0 radical (unpaired) electrons. The van der Waals surface area contributed by atoms with Gasteiger partial charge in [0.05, 0.1) is 11.0 Å². The van der Waals surface area contributed by atoms with Crippen molar-refractivity contribution < 1.29 is 9.53 Å². The van der Waals surface area contributed by atoms with Crippen LogP contribution >= 0.6 is 0 Å². The third-order valence-electron chi connectivity index (χ3n) is 4.65. The Labute approximate surface area is 163 Å². The fourth-order valence-electron chi connectivity index (χ4n) is 2.98. The van der Waals surface area contributed by atoms with E-state index in [-0.39, 0.29) is 12.5 Å². The second-order valence-corrected chi connectivity index (χ2v) is 6.77. The zero-order chi connectivity index (χ0) is 19.5. The van der Waals surface area contributed by atoms with Crippen LogP contribution in [0.4, 0.5) is 5.69 Å². The first-order chi connectivity index (χ1) is 13.6. The highest BCUT2D eigenvalue weighted by atomic mass is 16.5. The zero-order valence-corrected chi connectivity index (χ0v) is 15.8. The zero-order valence-electron chi connectivity index (χ0n) is 15.8. The summed E-state index contributed by atoms with van der Waals surface area (Å²) in [7, 11) is 0. The van der Waals surface area contributed by atoms with Crippen molar-refractivity contribution in [1.29, 1.82) is 0 Å². The number of aromatic amines is 1. The summed E-state index contributed by atoms with van der Waals surface area (Å²) in [6.07, 6.45) is 0. The van der Waals surface area contributed by atoms with Crippen molar-refractivity contribution in [3.63, 3.8) is 0 Å². The van der Waals surface area contributed by atoms with Crippen LogP contribution in [0, 0.1) is 13.8 Å². The van der Waals surface area contributed by atoms with Crippen LogP contribution in [0.3, 0.4) is 0 Å². The number of ether oxygens (including phenoxy) is 1. The molecule has 0 aliphatic carbocycles. The molecule has 4 aromatic rings. The highest BCUT2D eigenvalue weighted by Gasteiger charge is 2.08. The predicted molar refractivity (Wildman–Crippen MR) is 112 cm³/mol. The lowest BCUT2D eigenvalue weighted by molar-refractivity contribution is -0.118. The topological polar surface area (TPSA) is 67.0 Å². The second kappa shape index (κ2) is 7.56. The lowest BCUT2D eigenvalue weighted by Gasteiger charge is -2.07. The molecule has 2 N–H and O–H groups in total. The molecule has 4 rings (SSSR count). The summed E-state index contributed by atoms with van der Waals surface area (Å²) in [4.78, 5) is 20.1. The third-order valence-corrected chi connectivity index (χ3v) is 4.65. The summed E-state index contributed by atoms with van der Waals surface area (Å²) in [5.41, 5.74) is 6.11. The van der Waals surface area contributed by atoms with Gasteiger partial charge in [0, 0.05) is 11.3 Å². The molecule has 3 aromatic carbocycles. The Morgan fingerprint density at radius 1 is 1.00 bits per heavy atom. The molecule has 0 saturated carbocycles. The number of benzene rings is 3. The molecule has 5 nitrogen and oxygen atoms in total. The van der Waals surface area contributed by atoms with Gasteiger partial charge in [-0.2, -0.15) is 0 Å². The highest BCUT2D eigenvalue weighted by molar-refractivity contribution is 5.92. The number of anilines is 1. The number of hydrogen-bond acceptors (Lipinski definition) is 3. The molecule has 0 aliphatic rings. The number of hydrogen-bond donors (Lipinski definition) is 2. The number of para-hydroxylation sites is 1. The van der Waals surface area contributed by atoms with Crippen molar-refractivity contribution in [3.8, 4) is 17.1 Å². The van der Waals surface area contributed by atoms with E-state index in [1.165, 1.54) is 11.1 Å². The van der Waals surface area contributed by atoms with E-state index in [0.29, 0.717) is 11.4 Å². The highest BCUT2D eigenvalue weighted by Crippen LogP contribution is 2.24. The lowest BCUT2D eigenvalue weighted by Crippen LogP contribution is -2.20. The Kier molecular flexibility index (Phi) is 4.81. The van der Waals surface area contributed by atoms with Crippen LogP contribution in [-0.2, 0) is 4.79 Å². The Morgan fingerprint density at radius 2 is 1.71 bits per heavy atom. The van der Waals surface area contributed by atoms with Gasteiger partial charge in [0.25, 0.3) is 5.91 Å². The van der Waals surface area contributed by atoms with Crippen molar-refractivity contribution >= 4 is 22.6 Å². The summed E-state index contributed by atoms with van der Waals surface area (Å²) in [6.45, 7) is 4.14. The van der Waals surface area contributed by atoms with E-state index in [0.717, 1.165) is 22.4 Å². The number of imidazole rings is 1. The normalized spacial score (nSPS) is 10.8. The smallest absolute Gasteiger partial charge is 0.262 e. The van der Waals surface area contributed by atoms with E-state index in [1.54, 1.807) is 0 Å². The quantitative estimate of drug-likeness (QED) is 0.526. The molecular weight excluding hydrogens is 350 g/mol. The maximum absolute atomic E-state index is 12.1. The van der Waals surface area contributed by atoms with Gasteiger partial charge >= 0.3 is 0 Å². The number of carbonyl (C=O) groups excluding carboxylic acids is 1. The average molecular weight is 371 g/mol. The van der Waals surface area contributed by atoms with Crippen LogP contribution in [0.5, 0.6) is 5.75 Å². The predicted octanol–water partition coefficient (Wildman–Crippen LogP) is 4.86. The number of aromatic nitrogens is 2. The van der Waals surface area contributed by atoms with Gasteiger partial charge in [0.15, 0.2) is 6.61 Å². The van der Waals surface area contributed by atoms with Gasteiger partial charge in [-0.15, -0.1) is 0 Å². The molecule has 1 heterocycles. The summed E-state index contributed by atoms with van der Waals surface area (Å²) >= 11 is 0. The van der Waals surface area contributed by atoms with Crippen LogP contribution in [0.2, 0.25) is 0 Å². The van der Waals surface area contributed by atoms with Gasteiger partial charge in [0.2, 0.25) is 0 Å². The summed E-state index contributed by atoms with van der Waals surface area (Å²) < 4.78 is 5.46. The average Bonchev–Trinajstić information content (AvgIpc) is 3.11. The first kappa shape index (κ1) is 17.8. The van der Waals surface area contributed by atoms with Crippen LogP contribution in [0.25, 0.3) is 22.4 Å². The molecule has 0 fully saturated rings. The number of fused-ring (bicyclic) bond motifs is 1. The van der Waals surface area contributed by atoms with Gasteiger partial charge in [-0.05, 0) is 73.5 Å². The lowest BCUT2D eigenvalue weighted by atomic mass is 10.1. The molecule has 0 bridgehead atoms. The Balaban J connectivity index is 1.43. The number of carbonyl (C=O) groups is 1. The van der Waals surface area contributed by atoms with Crippen molar-refractivity contribution in [2.24, 2.45) is 0 Å². The van der Waals surface area contributed by atoms with E-state index in [1.807, 2.05) is 54.6 Å². The molecule has 140 valence electrons. The Morgan fingerprint density at radius 3 is 2.46 bits per heavy atom. The Bertz CT molecular complexity index is 1080. The molecule has 1 aromatic heterocycles. The molecule has 0 unspecified atom stereocenters. The number of H-pyrrole nitrogens is 1. The number of nitrogens with zero attached hydrogens (tertiary/aromatic N) is 1. The molecule has 0 aliphatic heterocycles. The van der Waals surface area contributed by atoms with Crippen molar-refractivity contribution in [3.05, 3.63) is 77.9 Å². The largest absolute Gasteiger partial charge is 0.484 e. The SMILES string of the molecule is Cc1cc2nc(-c3ccc(NC(=O)COc4ccccc4)cc3)[nH]c2cc1C. The van der Waals surface area contributed by atoms with E-state index >= 15 is 0 Å². The van der Waals surface area contributed by atoms with Gasteiger partial charge in [-0.1, -0.05) is 18.2 Å². The maximum atomic E-state index is 12.1. The monoisotopic (exact) mass is 371 g/mol. The van der Waals surface area contributed by atoms with E-state index in [9.17, 15) is 4.79 Å². The number of aryl methyl sites for hydroxylation is 2. The van der Waals surface area contributed by atoms with Gasteiger partial charge < -0.3 is 15.0 Å². The summed E-state index contributed by atoms with van der Waals surface area (Å²) in [5.74, 6) is 1.28.